The van der Waals surface area contributed by atoms with E-state index in [0.717, 1.165) is 42.7 Å². The van der Waals surface area contributed by atoms with E-state index in [2.05, 4.69) is 10.3 Å². The number of aryl methyl sites for hydroxylation is 1. The SMILES string of the molecule is Cc1cccc(Nc2nc(C(=O)N(CCC(=O)N3CCCC3)Cc3ccccc3)cs2)c1. The molecule has 1 aliphatic heterocycles. The van der Waals surface area contributed by atoms with Crippen LogP contribution >= 0.6 is 11.3 Å². The summed E-state index contributed by atoms with van der Waals surface area (Å²) in [7, 11) is 0. The maximum atomic E-state index is 13.3. The van der Waals surface area contributed by atoms with E-state index in [0.29, 0.717) is 30.3 Å². The van der Waals surface area contributed by atoms with Gasteiger partial charge in [0.25, 0.3) is 5.91 Å². The third-order valence-corrected chi connectivity index (χ3v) is 6.31. The van der Waals surface area contributed by atoms with Crippen molar-refractivity contribution >= 4 is 34.0 Å². The van der Waals surface area contributed by atoms with Crippen molar-refractivity contribution < 1.29 is 9.59 Å². The molecule has 0 radical (unpaired) electrons. The van der Waals surface area contributed by atoms with E-state index in [1.165, 1.54) is 11.3 Å². The maximum absolute atomic E-state index is 13.3. The van der Waals surface area contributed by atoms with Crippen LogP contribution in [0.5, 0.6) is 0 Å². The molecule has 2 aromatic carbocycles. The molecule has 1 N–H and O–H groups in total. The van der Waals surface area contributed by atoms with E-state index >= 15 is 0 Å². The number of benzene rings is 2. The van der Waals surface area contributed by atoms with E-state index in [1.54, 1.807) is 10.3 Å². The number of aromatic nitrogens is 1. The standard InChI is InChI=1S/C25H28N4O2S/c1-19-8-7-11-21(16-19)26-25-27-22(18-32-25)24(31)29(17-20-9-3-2-4-10-20)15-12-23(30)28-13-5-6-14-28/h2-4,7-11,16,18H,5-6,12-15,17H2,1H3,(H,26,27). The summed E-state index contributed by atoms with van der Waals surface area (Å²) in [5.41, 5.74) is 3.52. The van der Waals surface area contributed by atoms with Crippen LogP contribution in [-0.2, 0) is 11.3 Å². The minimum Gasteiger partial charge on any atom is -0.343 e. The average Bonchev–Trinajstić information content (AvgIpc) is 3.49. The van der Waals surface area contributed by atoms with Gasteiger partial charge >= 0.3 is 0 Å². The quantitative estimate of drug-likeness (QED) is 0.535. The molecule has 7 heteroatoms. The number of carbonyl (C=O) groups is 2. The average molecular weight is 449 g/mol. The second-order valence-electron chi connectivity index (χ2n) is 8.08. The highest BCUT2D eigenvalue weighted by atomic mass is 32.1. The molecule has 0 bridgehead atoms. The molecular weight excluding hydrogens is 420 g/mol. The Kier molecular flexibility index (Phi) is 7.17. The highest BCUT2D eigenvalue weighted by Crippen LogP contribution is 2.23. The molecule has 0 unspecified atom stereocenters. The molecule has 4 rings (SSSR count). The fourth-order valence-corrected chi connectivity index (χ4v) is 4.55. The number of thiazole rings is 1. The molecule has 166 valence electrons. The number of hydrogen-bond acceptors (Lipinski definition) is 5. The van der Waals surface area contributed by atoms with Crippen LogP contribution in [0.25, 0.3) is 0 Å². The van der Waals surface area contributed by atoms with Gasteiger partial charge in [-0.25, -0.2) is 4.98 Å². The summed E-state index contributed by atoms with van der Waals surface area (Å²) < 4.78 is 0. The van der Waals surface area contributed by atoms with Crippen LogP contribution in [0.2, 0.25) is 0 Å². The third-order valence-electron chi connectivity index (χ3n) is 5.55. The number of rotatable bonds is 8. The highest BCUT2D eigenvalue weighted by molar-refractivity contribution is 7.14. The zero-order valence-electron chi connectivity index (χ0n) is 18.3. The lowest BCUT2D eigenvalue weighted by Crippen LogP contribution is -2.36. The van der Waals surface area contributed by atoms with Gasteiger partial charge in [-0.3, -0.25) is 9.59 Å². The van der Waals surface area contributed by atoms with Crippen LogP contribution in [0.4, 0.5) is 10.8 Å². The van der Waals surface area contributed by atoms with Gasteiger partial charge in [-0.15, -0.1) is 11.3 Å². The van der Waals surface area contributed by atoms with Gasteiger partial charge < -0.3 is 15.1 Å². The van der Waals surface area contributed by atoms with Gasteiger partial charge in [0, 0.05) is 43.7 Å². The predicted octanol–water partition coefficient (Wildman–Crippen LogP) is 4.85. The number of amides is 2. The van der Waals surface area contributed by atoms with Gasteiger partial charge in [-0.05, 0) is 43.0 Å². The predicted molar refractivity (Wildman–Crippen MR) is 128 cm³/mol. The summed E-state index contributed by atoms with van der Waals surface area (Å²) in [6, 6.07) is 17.9. The monoisotopic (exact) mass is 448 g/mol. The molecule has 2 amide bonds. The number of hydrogen-bond donors (Lipinski definition) is 1. The number of likely N-dealkylation sites (tertiary alicyclic amines) is 1. The lowest BCUT2D eigenvalue weighted by atomic mass is 10.2. The fraction of sp³-hybridized carbons (Fsp3) is 0.320. The van der Waals surface area contributed by atoms with Crippen molar-refractivity contribution in [3.63, 3.8) is 0 Å². The first-order valence-electron chi connectivity index (χ1n) is 11.0. The summed E-state index contributed by atoms with van der Waals surface area (Å²) in [5.74, 6) is -0.0370. The van der Waals surface area contributed by atoms with Crippen molar-refractivity contribution in [2.75, 3.05) is 25.0 Å². The molecule has 1 fully saturated rings. The third kappa shape index (κ3) is 5.73. The fourth-order valence-electron chi connectivity index (χ4n) is 3.85. The van der Waals surface area contributed by atoms with Gasteiger partial charge in [0.05, 0.1) is 0 Å². The van der Waals surface area contributed by atoms with Crippen LogP contribution in [0.15, 0.2) is 60.0 Å². The van der Waals surface area contributed by atoms with Crippen molar-refractivity contribution in [2.24, 2.45) is 0 Å². The van der Waals surface area contributed by atoms with Crippen molar-refractivity contribution in [1.29, 1.82) is 0 Å². The summed E-state index contributed by atoms with van der Waals surface area (Å²) in [4.78, 5) is 34.0. The Morgan fingerprint density at radius 3 is 2.62 bits per heavy atom. The van der Waals surface area contributed by atoms with Crippen molar-refractivity contribution in [1.82, 2.24) is 14.8 Å². The first-order valence-corrected chi connectivity index (χ1v) is 11.9. The molecule has 1 aromatic heterocycles. The van der Waals surface area contributed by atoms with E-state index in [9.17, 15) is 9.59 Å². The summed E-state index contributed by atoms with van der Waals surface area (Å²) in [6.45, 7) is 4.51. The Morgan fingerprint density at radius 1 is 1.09 bits per heavy atom. The zero-order chi connectivity index (χ0) is 22.3. The molecular formula is C25H28N4O2S. The first kappa shape index (κ1) is 22.0. The van der Waals surface area contributed by atoms with Crippen LogP contribution < -0.4 is 5.32 Å². The Hall–Kier alpha value is -3.19. The molecule has 0 atom stereocenters. The minimum absolute atomic E-state index is 0.119. The van der Waals surface area contributed by atoms with E-state index in [1.807, 2.05) is 66.4 Å². The second kappa shape index (κ2) is 10.4. The smallest absolute Gasteiger partial charge is 0.273 e. The Morgan fingerprint density at radius 2 is 1.88 bits per heavy atom. The van der Waals surface area contributed by atoms with Crippen molar-refractivity contribution in [3.05, 3.63) is 76.8 Å². The largest absolute Gasteiger partial charge is 0.343 e. The molecule has 1 aliphatic rings. The van der Waals surface area contributed by atoms with E-state index in [4.69, 9.17) is 0 Å². The first-order chi connectivity index (χ1) is 15.6. The van der Waals surface area contributed by atoms with Crippen LogP contribution in [-0.4, -0.2) is 46.2 Å². The Labute approximate surface area is 192 Å². The van der Waals surface area contributed by atoms with Crippen molar-refractivity contribution in [2.45, 2.75) is 32.7 Å². The molecule has 0 saturated carbocycles. The van der Waals surface area contributed by atoms with Crippen molar-refractivity contribution in [3.8, 4) is 0 Å². The number of carbonyl (C=O) groups excluding carboxylic acids is 2. The topological polar surface area (TPSA) is 65.5 Å². The zero-order valence-corrected chi connectivity index (χ0v) is 19.1. The number of anilines is 2. The number of nitrogens with zero attached hydrogens (tertiary/aromatic N) is 3. The second-order valence-corrected chi connectivity index (χ2v) is 8.94. The highest BCUT2D eigenvalue weighted by Gasteiger charge is 2.23. The molecule has 32 heavy (non-hydrogen) atoms. The normalized spacial score (nSPS) is 13.2. The lowest BCUT2D eigenvalue weighted by molar-refractivity contribution is -0.130. The molecule has 0 aliphatic carbocycles. The summed E-state index contributed by atoms with van der Waals surface area (Å²) in [6.07, 6.45) is 2.46. The molecule has 2 heterocycles. The van der Waals surface area contributed by atoms with Crippen LogP contribution in [0, 0.1) is 6.92 Å². The van der Waals surface area contributed by atoms with E-state index < -0.39 is 0 Å². The van der Waals surface area contributed by atoms with Gasteiger partial charge in [-0.2, -0.15) is 0 Å². The number of nitrogens with one attached hydrogen (secondary N) is 1. The molecule has 0 spiro atoms. The lowest BCUT2D eigenvalue weighted by Gasteiger charge is -2.23. The molecule has 3 aromatic rings. The molecule has 6 nitrogen and oxygen atoms in total. The maximum Gasteiger partial charge on any atom is 0.273 e. The van der Waals surface area contributed by atoms with Gasteiger partial charge in [0.2, 0.25) is 5.91 Å². The van der Waals surface area contributed by atoms with E-state index in [-0.39, 0.29) is 11.8 Å². The Bertz CT molecular complexity index is 1060. The summed E-state index contributed by atoms with van der Waals surface area (Å²) in [5, 5.41) is 5.72. The molecule has 1 saturated heterocycles. The minimum atomic E-state index is -0.156. The van der Waals surface area contributed by atoms with Gasteiger partial charge in [0.15, 0.2) is 5.13 Å². The van der Waals surface area contributed by atoms with Gasteiger partial charge in [-0.1, -0.05) is 42.5 Å². The summed E-state index contributed by atoms with van der Waals surface area (Å²) >= 11 is 1.40. The van der Waals surface area contributed by atoms with Gasteiger partial charge in [0.1, 0.15) is 5.69 Å². The van der Waals surface area contributed by atoms with Crippen LogP contribution in [0.1, 0.15) is 40.9 Å². The Balaban J connectivity index is 1.46. The van der Waals surface area contributed by atoms with Crippen LogP contribution in [0.3, 0.4) is 0 Å².